The lowest BCUT2D eigenvalue weighted by Crippen LogP contribution is -2.09. The third kappa shape index (κ3) is 6.75. The maximum atomic E-state index is 13.3. The van der Waals surface area contributed by atoms with Crippen LogP contribution in [0.2, 0.25) is 10.0 Å². The van der Waals surface area contributed by atoms with E-state index < -0.39 is 112 Å². The van der Waals surface area contributed by atoms with Crippen molar-refractivity contribution < 1.29 is 60.7 Å². The van der Waals surface area contributed by atoms with Crippen LogP contribution < -0.4 is 4.74 Å². The number of aromatic carboxylic acids is 2. The summed E-state index contributed by atoms with van der Waals surface area (Å²) in [5, 5.41) is 41.9. The number of benzene rings is 4. The van der Waals surface area contributed by atoms with Crippen molar-refractivity contribution >= 4 is 46.5 Å². The van der Waals surface area contributed by atoms with Crippen LogP contribution in [0.4, 0.5) is 37.7 Å². The SMILES string of the molecule is O=C(O)c1c([N+](=O)[O-])ccc(Oc2ccc([N+](=O)[O-])c(C(=O)O)c2-c2ccc(C(F)(F)F)cc2Cl)c1-c1ccc(C(F)(F)F)cc1Cl. The molecular weight excluding hydrogens is 693 g/mol. The maximum absolute atomic E-state index is 13.3. The van der Waals surface area contributed by atoms with Gasteiger partial charge in [-0.2, -0.15) is 26.3 Å². The number of rotatable bonds is 8. The van der Waals surface area contributed by atoms with Gasteiger partial charge >= 0.3 is 24.3 Å². The molecule has 0 saturated heterocycles. The van der Waals surface area contributed by atoms with Crippen LogP contribution in [0.25, 0.3) is 22.3 Å². The fraction of sp³-hybridized carbons (Fsp3) is 0.0714. The Balaban J connectivity index is 2.11. The average Bonchev–Trinajstić information content (AvgIpc) is 2.95. The largest absolute Gasteiger partial charge is 0.477 e. The van der Waals surface area contributed by atoms with Gasteiger partial charge in [0, 0.05) is 44.4 Å². The first-order valence-corrected chi connectivity index (χ1v) is 13.0. The summed E-state index contributed by atoms with van der Waals surface area (Å²) in [7, 11) is 0. The van der Waals surface area contributed by atoms with Crippen molar-refractivity contribution in [2.24, 2.45) is 0 Å². The van der Waals surface area contributed by atoms with Crippen molar-refractivity contribution in [3.8, 4) is 33.8 Å². The molecule has 0 aliphatic rings. The van der Waals surface area contributed by atoms with Crippen LogP contribution in [0, 0.1) is 20.2 Å². The first kappa shape index (κ1) is 34.5. The average molecular weight is 705 g/mol. The van der Waals surface area contributed by atoms with E-state index in [-0.39, 0.29) is 0 Å². The molecule has 0 amide bonds. The minimum Gasteiger partial charge on any atom is -0.477 e. The molecule has 244 valence electrons. The lowest BCUT2D eigenvalue weighted by molar-refractivity contribution is -0.385. The van der Waals surface area contributed by atoms with Crippen molar-refractivity contribution in [2.45, 2.75) is 12.4 Å². The zero-order valence-electron chi connectivity index (χ0n) is 22.4. The van der Waals surface area contributed by atoms with Gasteiger partial charge in [-0.05, 0) is 36.4 Å². The van der Waals surface area contributed by atoms with E-state index in [4.69, 9.17) is 27.9 Å². The lowest BCUT2D eigenvalue weighted by atomic mass is 9.94. The number of carboxylic acids is 2. The summed E-state index contributed by atoms with van der Waals surface area (Å²) in [5.41, 5.74) is -9.60. The standard InChI is InChI=1S/C28H12Cl2F6N2O9/c29-15-9-11(27(31,32)33)1-3-13(15)21-19(7-5-17(37(43)44)23(21)25(39)40)47-20-8-6-18(38(45)46)24(26(41)42)22(20)14-4-2-12(10-16(14)30)28(34,35)36/h1-10H,(H,39,40)(H,41,42). The molecule has 2 N–H and O–H groups in total. The number of halogens is 8. The minimum atomic E-state index is -4.92. The normalized spacial score (nSPS) is 11.7. The fourth-order valence-corrected chi connectivity index (χ4v) is 5.04. The second kappa shape index (κ2) is 12.4. The van der Waals surface area contributed by atoms with Gasteiger partial charge in [0.1, 0.15) is 22.6 Å². The zero-order valence-corrected chi connectivity index (χ0v) is 24.0. The molecule has 0 atom stereocenters. The van der Waals surface area contributed by atoms with E-state index in [1.54, 1.807) is 0 Å². The number of ether oxygens (including phenoxy) is 1. The van der Waals surface area contributed by atoms with Gasteiger partial charge in [0.15, 0.2) is 0 Å². The molecule has 4 aromatic rings. The van der Waals surface area contributed by atoms with Crippen LogP contribution in [-0.4, -0.2) is 32.0 Å². The lowest BCUT2D eigenvalue weighted by Gasteiger charge is -2.19. The predicted octanol–water partition coefficient (Wildman–Crippen LogP) is 9.37. The molecule has 0 bridgehead atoms. The topological polar surface area (TPSA) is 170 Å². The summed E-state index contributed by atoms with van der Waals surface area (Å²) in [6.45, 7) is 0. The summed E-state index contributed by atoms with van der Waals surface area (Å²) in [6.07, 6.45) is -9.83. The van der Waals surface area contributed by atoms with Gasteiger partial charge in [-0.15, -0.1) is 0 Å². The van der Waals surface area contributed by atoms with Crippen LogP contribution in [0.1, 0.15) is 31.8 Å². The Kier molecular flexibility index (Phi) is 9.10. The number of carboxylic acid groups (broad SMARTS) is 2. The quantitative estimate of drug-likeness (QED) is 0.103. The van der Waals surface area contributed by atoms with Gasteiger partial charge in [-0.1, -0.05) is 35.3 Å². The molecule has 0 aromatic heterocycles. The molecule has 19 heteroatoms. The van der Waals surface area contributed by atoms with Gasteiger partial charge < -0.3 is 14.9 Å². The third-order valence-corrected chi connectivity index (χ3v) is 7.09. The summed E-state index contributed by atoms with van der Waals surface area (Å²) < 4.78 is 85.8. The van der Waals surface area contributed by atoms with Gasteiger partial charge in [0.2, 0.25) is 0 Å². The number of hydrogen-bond acceptors (Lipinski definition) is 7. The Hall–Kier alpha value is -5.42. The van der Waals surface area contributed by atoms with E-state index in [9.17, 15) is 66.4 Å². The highest BCUT2D eigenvalue weighted by Gasteiger charge is 2.36. The van der Waals surface area contributed by atoms with Gasteiger partial charge in [0.05, 0.1) is 21.0 Å². The van der Waals surface area contributed by atoms with E-state index in [1.807, 2.05) is 0 Å². The Labute approximate surface area is 266 Å². The van der Waals surface area contributed by atoms with Gasteiger partial charge in [-0.3, -0.25) is 20.2 Å². The Morgan fingerprint density at radius 3 is 1.23 bits per heavy atom. The number of nitro groups is 2. The zero-order chi connectivity index (χ0) is 35.2. The van der Waals surface area contributed by atoms with E-state index in [2.05, 4.69) is 0 Å². The predicted molar refractivity (Wildman–Crippen MR) is 151 cm³/mol. The summed E-state index contributed by atoms with van der Waals surface area (Å²) in [5.74, 6) is -5.36. The Morgan fingerprint density at radius 2 is 0.979 bits per heavy atom. The summed E-state index contributed by atoms with van der Waals surface area (Å²) in [6, 6.07) is 5.98. The number of hydrogen-bond donors (Lipinski definition) is 2. The molecule has 0 unspecified atom stereocenters. The van der Waals surface area contributed by atoms with Crippen molar-refractivity contribution in [3.05, 3.63) is 113 Å². The second-order valence-corrected chi connectivity index (χ2v) is 10.1. The van der Waals surface area contributed by atoms with Crippen LogP contribution in [0.15, 0.2) is 60.7 Å². The van der Waals surface area contributed by atoms with E-state index >= 15 is 0 Å². The molecule has 0 spiro atoms. The Bertz CT molecular complexity index is 1860. The van der Waals surface area contributed by atoms with Crippen LogP contribution in [-0.2, 0) is 12.4 Å². The molecule has 0 heterocycles. The molecule has 0 radical (unpaired) electrons. The second-order valence-electron chi connectivity index (χ2n) is 9.28. The molecule has 0 saturated carbocycles. The summed E-state index contributed by atoms with van der Waals surface area (Å²) >= 11 is 12.2. The first-order chi connectivity index (χ1) is 21.7. The molecular formula is C28H12Cl2F6N2O9. The highest BCUT2D eigenvalue weighted by atomic mass is 35.5. The molecule has 0 aliphatic carbocycles. The van der Waals surface area contributed by atoms with Gasteiger partial charge in [0.25, 0.3) is 11.4 Å². The Morgan fingerprint density at radius 1 is 0.638 bits per heavy atom. The minimum absolute atomic E-state index is 0.396. The molecule has 0 fully saturated rings. The molecule has 47 heavy (non-hydrogen) atoms. The number of carbonyl (C=O) groups is 2. The molecule has 4 aromatic carbocycles. The number of alkyl halides is 6. The van der Waals surface area contributed by atoms with Crippen LogP contribution >= 0.6 is 23.2 Å². The van der Waals surface area contributed by atoms with E-state index in [0.29, 0.717) is 48.5 Å². The monoisotopic (exact) mass is 704 g/mol. The highest BCUT2D eigenvalue weighted by Crippen LogP contribution is 2.49. The summed E-state index contributed by atoms with van der Waals surface area (Å²) in [4.78, 5) is 45.9. The number of nitrogens with zero attached hydrogens (tertiary/aromatic N) is 2. The maximum Gasteiger partial charge on any atom is 0.416 e. The van der Waals surface area contributed by atoms with E-state index in [1.165, 1.54) is 0 Å². The first-order valence-electron chi connectivity index (χ1n) is 12.3. The molecule has 4 rings (SSSR count). The smallest absolute Gasteiger partial charge is 0.416 e. The van der Waals surface area contributed by atoms with Crippen molar-refractivity contribution in [2.75, 3.05) is 0 Å². The highest BCUT2D eigenvalue weighted by molar-refractivity contribution is 6.34. The number of nitro benzene ring substituents is 2. The third-order valence-electron chi connectivity index (χ3n) is 6.46. The van der Waals surface area contributed by atoms with E-state index in [0.717, 1.165) is 12.1 Å². The molecule has 11 nitrogen and oxygen atoms in total. The van der Waals surface area contributed by atoms with Crippen LogP contribution in [0.5, 0.6) is 11.5 Å². The fourth-order valence-electron chi connectivity index (χ4n) is 4.49. The van der Waals surface area contributed by atoms with Crippen molar-refractivity contribution in [1.29, 1.82) is 0 Å². The van der Waals surface area contributed by atoms with Gasteiger partial charge in [-0.25, -0.2) is 9.59 Å². The van der Waals surface area contributed by atoms with Crippen LogP contribution in [0.3, 0.4) is 0 Å². The molecule has 0 aliphatic heterocycles. The van der Waals surface area contributed by atoms with Crippen molar-refractivity contribution in [1.82, 2.24) is 0 Å². The van der Waals surface area contributed by atoms with Crippen molar-refractivity contribution in [3.63, 3.8) is 0 Å².